The Morgan fingerprint density at radius 1 is 0.722 bits per heavy atom. The number of rotatable bonds is 1. The van der Waals surface area contributed by atoms with Gasteiger partial charge in [-0.05, 0) is 18.2 Å². The van der Waals surface area contributed by atoms with Gasteiger partial charge >= 0.3 is 0 Å². The van der Waals surface area contributed by atoms with Crippen LogP contribution in [-0.4, -0.2) is 0 Å². The molecule has 2 nitrogen and oxygen atoms in total. The lowest BCUT2D eigenvalue weighted by molar-refractivity contribution is -0.287. The van der Waals surface area contributed by atoms with Crippen LogP contribution in [-0.2, 0) is 0 Å². The van der Waals surface area contributed by atoms with Crippen molar-refractivity contribution < 1.29 is 11.6 Å². The van der Waals surface area contributed by atoms with Crippen LogP contribution in [0.15, 0.2) is 24.3 Å². The van der Waals surface area contributed by atoms with E-state index in [1.54, 1.807) is 24.3 Å². The van der Waals surface area contributed by atoms with E-state index in [1.165, 1.54) is 0 Å². The molecule has 0 spiro atoms. The maximum absolute atomic E-state index is 6.14. The maximum Gasteiger partial charge on any atom is 0.249 e. The molecule has 0 fully saturated rings. The molecule has 0 aliphatic carbocycles. The molecule has 2 rings (SSSR count). The topological polar surface area (TPSA) is 52.0 Å². The first-order valence-corrected chi connectivity index (χ1v) is 6.45. The van der Waals surface area contributed by atoms with Gasteiger partial charge in [-0.3, -0.25) is 0 Å². The Kier molecular flexibility index (Phi) is 3.83. The number of hydrogen-bond donors (Lipinski definition) is 2. The van der Waals surface area contributed by atoms with Gasteiger partial charge in [0.25, 0.3) is 0 Å². The molecule has 0 amide bonds. The summed E-state index contributed by atoms with van der Waals surface area (Å²) in [5.74, 6) is 0. The van der Waals surface area contributed by atoms with Crippen LogP contribution < -0.4 is 11.5 Å². The lowest BCUT2D eigenvalue weighted by Gasteiger charge is -2.09. The van der Waals surface area contributed by atoms with Crippen molar-refractivity contribution in [3.8, 4) is 11.1 Å². The third kappa shape index (κ3) is 2.47. The first-order chi connectivity index (χ1) is 8.40. The lowest BCUT2D eigenvalue weighted by atomic mass is 10.0. The van der Waals surface area contributed by atoms with Crippen LogP contribution in [0.25, 0.3) is 11.1 Å². The average Bonchev–Trinajstić information content (AvgIpc) is 2.29. The number of nitrogen functional groups attached to an aromatic ring is 2. The number of nitrogens with two attached hydrogens (primary N) is 2. The van der Waals surface area contributed by atoms with E-state index in [0.29, 0.717) is 42.6 Å². The summed E-state index contributed by atoms with van der Waals surface area (Å²) >= 11 is 23.4. The third-order valence-electron chi connectivity index (χ3n) is 2.48. The summed E-state index contributed by atoms with van der Waals surface area (Å²) in [4.78, 5) is 0. The van der Waals surface area contributed by atoms with E-state index >= 15 is 0 Å². The predicted molar refractivity (Wildman–Crippen MR) is 76.3 cm³/mol. The molecule has 0 aliphatic rings. The highest BCUT2D eigenvalue weighted by Crippen LogP contribution is 2.39. The van der Waals surface area contributed by atoms with E-state index < -0.39 is 0 Å². The van der Waals surface area contributed by atoms with Crippen LogP contribution in [0.2, 0.25) is 20.1 Å². The van der Waals surface area contributed by atoms with Crippen LogP contribution in [0.1, 0.15) is 0 Å². The normalized spacial score (nSPS) is 10.7. The second-order valence-electron chi connectivity index (χ2n) is 3.72. The second-order valence-corrected chi connectivity index (χ2v) is 5.38. The van der Waals surface area contributed by atoms with Crippen molar-refractivity contribution in [3.05, 3.63) is 44.4 Å². The Balaban J connectivity index is 2.69. The molecule has 0 unspecified atom stereocenters. The van der Waals surface area contributed by atoms with Crippen LogP contribution in [0, 0.1) is 11.6 Å². The molecule has 0 radical (unpaired) electrons. The fourth-order valence-corrected chi connectivity index (χ4v) is 2.43. The molecule has 0 atom stereocenters. The Morgan fingerprint density at radius 2 is 1.22 bits per heavy atom. The summed E-state index contributed by atoms with van der Waals surface area (Å²) < 4.78 is 0. The zero-order valence-electron chi connectivity index (χ0n) is 9.01. The predicted octanol–water partition coefficient (Wildman–Crippen LogP) is 4.17. The number of hydrogen-bond acceptors (Lipinski definition) is 2. The van der Waals surface area contributed by atoms with Crippen LogP contribution >= 0.6 is 34.8 Å². The second kappa shape index (κ2) is 5.06. The van der Waals surface area contributed by atoms with Crippen molar-refractivity contribution >= 4 is 46.2 Å². The molecule has 2 aromatic rings. The SMILES string of the molecule is Nc1cc(Cl)c(-c2cc([ClH+])c(N)cc2Cl)cc1Cl. The zero-order chi connectivity index (χ0) is 13.4. The van der Waals surface area contributed by atoms with E-state index in [1.807, 2.05) is 0 Å². The molecule has 2 aromatic carbocycles. The molecular weight excluding hydrogens is 314 g/mol. The van der Waals surface area contributed by atoms with Gasteiger partial charge in [-0.1, -0.05) is 34.8 Å². The molecule has 18 heavy (non-hydrogen) atoms. The quantitative estimate of drug-likeness (QED) is 0.774. The fourth-order valence-electron chi connectivity index (χ4n) is 1.54. The van der Waals surface area contributed by atoms with Crippen molar-refractivity contribution in [1.82, 2.24) is 0 Å². The molecule has 0 aliphatic heterocycles. The molecule has 0 aromatic heterocycles. The van der Waals surface area contributed by atoms with Gasteiger partial charge < -0.3 is 11.5 Å². The van der Waals surface area contributed by atoms with Gasteiger partial charge in [0.2, 0.25) is 5.02 Å². The summed E-state index contributed by atoms with van der Waals surface area (Å²) in [6.07, 6.45) is 0. The first-order valence-electron chi connectivity index (χ1n) is 4.91. The van der Waals surface area contributed by atoms with Gasteiger partial charge in [0, 0.05) is 17.2 Å². The number of anilines is 2. The van der Waals surface area contributed by atoms with E-state index in [2.05, 4.69) is 0 Å². The summed E-state index contributed by atoms with van der Waals surface area (Å²) in [6.45, 7) is 0. The Bertz CT molecular complexity index is 570. The van der Waals surface area contributed by atoms with Gasteiger partial charge in [0.05, 0.1) is 26.4 Å². The Morgan fingerprint density at radius 3 is 1.83 bits per heavy atom. The van der Waals surface area contributed by atoms with E-state index in [-0.39, 0.29) is 0 Å². The summed E-state index contributed by atoms with van der Waals surface area (Å²) in [5.41, 5.74) is 13.6. The molecule has 6 heteroatoms. The van der Waals surface area contributed by atoms with Crippen molar-refractivity contribution in [2.75, 3.05) is 11.5 Å². The van der Waals surface area contributed by atoms with Gasteiger partial charge in [-0.15, -0.1) is 0 Å². The Labute approximate surface area is 124 Å². The molecule has 0 heterocycles. The van der Waals surface area contributed by atoms with Gasteiger partial charge in [-0.25, -0.2) is 0 Å². The molecule has 4 N–H and O–H groups in total. The summed E-state index contributed by atoms with van der Waals surface area (Å²) in [6, 6.07) is 6.53. The van der Waals surface area contributed by atoms with Crippen molar-refractivity contribution in [2.24, 2.45) is 0 Å². The van der Waals surface area contributed by atoms with Crippen molar-refractivity contribution in [2.45, 2.75) is 0 Å². The maximum atomic E-state index is 6.14. The van der Waals surface area contributed by atoms with E-state index in [9.17, 15) is 0 Å². The van der Waals surface area contributed by atoms with E-state index in [0.717, 1.165) is 0 Å². The van der Waals surface area contributed by atoms with Gasteiger partial charge in [0.15, 0.2) is 11.6 Å². The summed E-state index contributed by atoms with van der Waals surface area (Å²) in [5, 5.41) is 1.84. The molecule has 0 saturated heterocycles. The average molecular weight is 323 g/mol. The minimum Gasteiger partial charge on any atom is -0.397 e. The minimum atomic E-state index is 0.410. The largest absolute Gasteiger partial charge is 0.397 e. The van der Waals surface area contributed by atoms with E-state index in [4.69, 9.17) is 57.9 Å². The first kappa shape index (κ1) is 13.6. The highest BCUT2D eigenvalue weighted by Gasteiger charge is 2.15. The van der Waals surface area contributed by atoms with Crippen LogP contribution in [0.5, 0.6) is 0 Å². The Hall–Kier alpha value is -0.800. The monoisotopic (exact) mass is 321 g/mol. The number of halogens is 4. The smallest absolute Gasteiger partial charge is 0.249 e. The molecule has 0 saturated carbocycles. The molecule has 94 valence electrons. The lowest BCUT2D eigenvalue weighted by Crippen LogP contribution is -1.92. The summed E-state index contributed by atoms with van der Waals surface area (Å²) in [7, 11) is 0. The number of benzene rings is 2. The zero-order valence-corrected chi connectivity index (χ0v) is 12.1. The van der Waals surface area contributed by atoms with Crippen LogP contribution in [0.3, 0.4) is 0 Å². The van der Waals surface area contributed by atoms with Gasteiger partial charge in [-0.2, -0.15) is 0 Å². The minimum absolute atomic E-state index is 0.410. The van der Waals surface area contributed by atoms with Crippen LogP contribution in [0.4, 0.5) is 11.4 Å². The standard InChI is InChI=1S/C12H9Cl4N2/c13-7-3-11(17)9(15)1-5(7)6-2-10(16)12(18)4-8(6)14/h1-4,15H,17-18H2/q+1. The van der Waals surface area contributed by atoms with Crippen molar-refractivity contribution in [1.29, 1.82) is 0 Å². The highest BCUT2D eigenvalue weighted by molar-refractivity contribution is 6.38. The van der Waals surface area contributed by atoms with Gasteiger partial charge in [0.1, 0.15) is 0 Å². The molecular formula is C12H9Cl4N2+. The third-order valence-corrected chi connectivity index (χ3v) is 3.78. The highest BCUT2D eigenvalue weighted by atomic mass is 35.5. The fraction of sp³-hybridized carbons (Fsp3) is 0. The molecule has 0 bridgehead atoms. The van der Waals surface area contributed by atoms with Crippen molar-refractivity contribution in [3.63, 3.8) is 0 Å².